The molecule has 0 saturated carbocycles. The van der Waals surface area contributed by atoms with Crippen LogP contribution in [0.25, 0.3) is 0 Å². The number of hydrogen-bond acceptors (Lipinski definition) is 3. The third kappa shape index (κ3) is 1.96. The number of nitrogen functional groups attached to an aromatic ring is 1. The largest absolute Gasteiger partial charge is 0.417 e. The van der Waals surface area contributed by atoms with E-state index >= 15 is 0 Å². The van der Waals surface area contributed by atoms with Crippen molar-refractivity contribution < 1.29 is 13.2 Å². The molecular formula is C7H3BrF3N3. The maximum atomic E-state index is 12.3. The smallest absolute Gasteiger partial charge is 0.384 e. The first-order valence-electron chi connectivity index (χ1n) is 3.29. The van der Waals surface area contributed by atoms with Crippen LogP contribution in [0.4, 0.5) is 19.0 Å². The lowest BCUT2D eigenvalue weighted by Crippen LogP contribution is -2.09. The normalized spacial score (nSPS) is 11.1. The van der Waals surface area contributed by atoms with Crippen molar-refractivity contribution in [1.29, 1.82) is 5.26 Å². The quantitative estimate of drug-likeness (QED) is 0.783. The summed E-state index contributed by atoms with van der Waals surface area (Å²) in [5, 5.41) is 8.47. The Morgan fingerprint density at radius 1 is 1.50 bits per heavy atom. The van der Waals surface area contributed by atoms with Crippen molar-refractivity contribution in [3.8, 4) is 6.07 Å². The van der Waals surface area contributed by atoms with Gasteiger partial charge in [0, 0.05) is 0 Å². The summed E-state index contributed by atoms with van der Waals surface area (Å²) in [6, 6.07) is 2.18. The SMILES string of the molecule is N#Cc1nc(N)cc(C(F)(F)F)c1Br. The molecule has 0 amide bonds. The van der Waals surface area contributed by atoms with Gasteiger partial charge in [-0.15, -0.1) is 0 Å². The maximum absolute atomic E-state index is 12.3. The topological polar surface area (TPSA) is 62.7 Å². The Kier molecular flexibility index (Phi) is 2.66. The second-order valence-corrected chi connectivity index (χ2v) is 3.16. The van der Waals surface area contributed by atoms with Crippen molar-refractivity contribution in [2.24, 2.45) is 0 Å². The fourth-order valence-corrected chi connectivity index (χ4v) is 1.35. The summed E-state index contributed by atoms with van der Waals surface area (Å²) in [5.74, 6) is -0.336. The number of halogens is 4. The lowest BCUT2D eigenvalue weighted by Gasteiger charge is -2.09. The molecule has 2 N–H and O–H groups in total. The van der Waals surface area contributed by atoms with Gasteiger partial charge in [-0.3, -0.25) is 0 Å². The third-order valence-corrected chi connectivity index (χ3v) is 2.19. The van der Waals surface area contributed by atoms with Crippen LogP contribution >= 0.6 is 15.9 Å². The van der Waals surface area contributed by atoms with E-state index in [0.29, 0.717) is 6.07 Å². The Labute approximate surface area is 85.5 Å². The van der Waals surface area contributed by atoms with Gasteiger partial charge in [0.2, 0.25) is 0 Å². The fraction of sp³-hybridized carbons (Fsp3) is 0.143. The van der Waals surface area contributed by atoms with Crippen LogP contribution in [0.5, 0.6) is 0 Å². The summed E-state index contributed by atoms with van der Waals surface area (Å²) in [5.41, 5.74) is 3.74. The molecule has 74 valence electrons. The number of pyridine rings is 1. The molecule has 0 atom stereocenters. The van der Waals surface area contributed by atoms with Crippen LogP contribution < -0.4 is 5.73 Å². The van der Waals surface area contributed by atoms with E-state index in [-0.39, 0.29) is 16.0 Å². The second-order valence-electron chi connectivity index (χ2n) is 2.37. The zero-order chi connectivity index (χ0) is 10.9. The highest BCUT2D eigenvalue weighted by molar-refractivity contribution is 9.10. The number of nitrogens with zero attached hydrogens (tertiary/aromatic N) is 2. The minimum absolute atomic E-state index is 0.336. The predicted molar refractivity (Wildman–Crippen MR) is 46.1 cm³/mol. The molecular weight excluding hydrogens is 263 g/mol. The highest BCUT2D eigenvalue weighted by Crippen LogP contribution is 2.36. The highest BCUT2D eigenvalue weighted by Gasteiger charge is 2.34. The summed E-state index contributed by atoms with van der Waals surface area (Å²) in [6.07, 6.45) is -4.55. The van der Waals surface area contributed by atoms with Crippen molar-refractivity contribution in [3.63, 3.8) is 0 Å². The summed E-state index contributed by atoms with van der Waals surface area (Å²) in [4.78, 5) is 3.44. The molecule has 0 bridgehead atoms. The van der Waals surface area contributed by atoms with Crippen molar-refractivity contribution in [2.75, 3.05) is 5.73 Å². The van der Waals surface area contributed by atoms with Gasteiger partial charge in [-0.1, -0.05) is 0 Å². The monoisotopic (exact) mass is 265 g/mol. The lowest BCUT2D eigenvalue weighted by molar-refractivity contribution is -0.138. The highest BCUT2D eigenvalue weighted by atomic mass is 79.9. The van der Waals surface area contributed by atoms with Gasteiger partial charge in [0.05, 0.1) is 10.0 Å². The van der Waals surface area contributed by atoms with Crippen LogP contribution in [-0.2, 0) is 6.18 Å². The van der Waals surface area contributed by atoms with E-state index in [1.54, 1.807) is 0 Å². The van der Waals surface area contributed by atoms with E-state index < -0.39 is 11.7 Å². The van der Waals surface area contributed by atoms with Crippen LogP contribution in [0, 0.1) is 11.3 Å². The molecule has 0 radical (unpaired) electrons. The predicted octanol–water partition coefficient (Wildman–Crippen LogP) is 2.32. The minimum atomic E-state index is -4.55. The Hall–Kier alpha value is -1.29. The zero-order valence-corrected chi connectivity index (χ0v) is 8.15. The Morgan fingerprint density at radius 3 is 2.50 bits per heavy atom. The molecule has 1 rings (SSSR count). The van der Waals surface area contributed by atoms with Gasteiger partial charge in [0.1, 0.15) is 11.9 Å². The molecule has 0 aromatic carbocycles. The second kappa shape index (κ2) is 3.46. The summed E-state index contributed by atoms with van der Waals surface area (Å²) >= 11 is 2.65. The van der Waals surface area contributed by atoms with E-state index in [0.717, 1.165) is 0 Å². The van der Waals surface area contributed by atoms with E-state index in [2.05, 4.69) is 20.9 Å². The molecule has 0 fully saturated rings. The van der Waals surface area contributed by atoms with Gasteiger partial charge in [-0.05, 0) is 22.0 Å². The van der Waals surface area contributed by atoms with Gasteiger partial charge in [-0.2, -0.15) is 18.4 Å². The molecule has 1 aromatic heterocycles. The van der Waals surface area contributed by atoms with Gasteiger partial charge in [0.25, 0.3) is 0 Å². The number of anilines is 1. The average molecular weight is 266 g/mol. The van der Waals surface area contributed by atoms with Crippen LogP contribution in [0.15, 0.2) is 10.5 Å². The number of alkyl halides is 3. The zero-order valence-electron chi connectivity index (χ0n) is 6.56. The first kappa shape index (κ1) is 10.8. The fourth-order valence-electron chi connectivity index (χ4n) is 0.830. The lowest BCUT2D eigenvalue weighted by atomic mass is 10.2. The number of hydrogen-bond donors (Lipinski definition) is 1. The molecule has 1 aromatic rings. The standard InChI is InChI=1S/C7H3BrF3N3/c8-6-3(7(9,10)11)1-5(13)14-4(6)2-12/h1H,(H2,13,14). The van der Waals surface area contributed by atoms with Crippen molar-refractivity contribution >= 4 is 21.7 Å². The molecule has 3 nitrogen and oxygen atoms in total. The molecule has 0 aliphatic heterocycles. The van der Waals surface area contributed by atoms with Crippen molar-refractivity contribution in [1.82, 2.24) is 4.98 Å². The van der Waals surface area contributed by atoms with Crippen LogP contribution in [0.3, 0.4) is 0 Å². The van der Waals surface area contributed by atoms with E-state index in [1.165, 1.54) is 6.07 Å². The molecule has 7 heteroatoms. The molecule has 0 saturated heterocycles. The third-order valence-electron chi connectivity index (χ3n) is 1.39. The Morgan fingerprint density at radius 2 is 2.07 bits per heavy atom. The van der Waals surface area contributed by atoms with Crippen LogP contribution in [0.1, 0.15) is 11.3 Å². The molecule has 0 aliphatic carbocycles. The Bertz CT molecular complexity index is 408. The van der Waals surface area contributed by atoms with Gasteiger partial charge >= 0.3 is 6.18 Å². The van der Waals surface area contributed by atoms with Crippen molar-refractivity contribution in [2.45, 2.75) is 6.18 Å². The molecule has 0 spiro atoms. The molecule has 0 aliphatic rings. The van der Waals surface area contributed by atoms with Gasteiger partial charge < -0.3 is 5.73 Å². The first-order valence-corrected chi connectivity index (χ1v) is 4.09. The minimum Gasteiger partial charge on any atom is -0.384 e. The Balaban J connectivity index is 3.47. The first-order chi connectivity index (χ1) is 6.36. The number of nitrogens with two attached hydrogens (primary N) is 1. The van der Waals surface area contributed by atoms with E-state index in [9.17, 15) is 13.2 Å². The maximum Gasteiger partial charge on any atom is 0.417 e. The van der Waals surface area contributed by atoms with Crippen molar-refractivity contribution in [3.05, 3.63) is 21.8 Å². The summed E-state index contributed by atoms with van der Waals surface area (Å²) in [6.45, 7) is 0. The number of nitriles is 1. The molecule has 0 unspecified atom stereocenters. The summed E-state index contributed by atoms with van der Waals surface area (Å²) < 4.78 is 36.6. The van der Waals surface area contributed by atoms with Crippen LogP contribution in [0.2, 0.25) is 0 Å². The summed E-state index contributed by atoms with van der Waals surface area (Å²) in [7, 11) is 0. The van der Waals surface area contributed by atoms with Crippen LogP contribution in [-0.4, -0.2) is 4.98 Å². The number of rotatable bonds is 0. The average Bonchev–Trinajstić information content (AvgIpc) is 2.06. The van der Waals surface area contributed by atoms with Gasteiger partial charge in [0.15, 0.2) is 5.69 Å². The van der Waals surface area contributed by atoms with E-state index in [4.69, 9.17) is 11.0 Å². The molecule has 14 heavy (non-hydrogen) atoms. The van der Waals surface area contributed by atoms with Gasteiger partial charge in [-0.25, -0.2) is 4.98 Å². The molecule has 1 heterocycles. The van der Waals surface area contributed by atoms with E-state index in [1.807, 2.05) is 0 Å². The number of aromatic nitrogens is 1.